The summed E-state index contributed by atoms with van der Waals surface area (Å²) >= 11 is 0. The van der Waals surface area contributed by atoms with Crippen molar-refractivity contribution in [1.82, 2.24) is 0 Å². The molecule has 0 saturated heterocycles. The van der Waals surface area contributed by atoms with E-state index < -0.39 is 5.97 Å². The van der Waals surface area contributed by atoms with Gasteiger partial charge in [-0.05, 0) is 24.5 Å². The summed E-state index contributed by atoms with van der Waals surface area (Å²) in [5, 5.41) is 8.74. The predicted octanol–water partition coefficient (Wildman–Crippen LogP) is 2.77. The minimum Gasteiger partial charge on any atom is -0.481 e. The molecule has 1 N–H and O–H groups in total. The molecule has 0 heterocycles. The molecule has 0 amide bonds. The molecule has 1 aromatic carbocycles. The quantitative estimate of drug-likeness (QED) is 0.826. The molecule has 0 aromatic heterocycles. The van der Waals surface area contributed by atoms with E-state index in [4.69, 9.17) is 5.11 Å². The van der Waals surface area contributed by atoms with Crippen LogP contribution < -0.4 is 0 Å². The Labute approximate surface area is 105 Å². The molecule has 1 aliphatic carbocycles. The van der Waals surface area contributed by atoms with E-state index in [0.29, 0.717) is 11.1 Å². The second-order valence-electron chi connectivity index (χ2n) is 4.26. The summed E-state index contributed by atoms with van der Waals surface area (Å²) < 4.78 is 0. The molecule has 18 heavy (non-hydrogen) atoms. The number of ketones is 1. The zero-order valence-corrected chi connectivity index (χ0v) is 9.93. The van der Waals surface area contributed by atoms with Gasteiger partial charge in [0.1, 0.15) is 0 Å². The summed E-state index contributed by atoms with van der Waals surface area (Å²) in [6.07, 6.45) is 7.32. The number of carboxylic acid groups (broad SMARTS) is 1. The van der Waals surface area contributed by atoms with Crippen LogP contribution in [0.25, 0.3) is 0 Å². The summed E-state index contributed by atoms with van der Waals surface area (Å²) in [5.74, 6) is -0.897. The third-order valence-corrected chi connectivity index (χ3v) is 2.85. The van der Waals surface area contributed by atoms with Crippen molar-refractivity contribution in [3.63, 3.8) is 0 Å². The number of carbonyl (C=O) groups is 2. The van der Waals surface area contributed by atoms with Gasteiger partial charge in [0.2, 0.25) is 0 Å². The highest BCUT2D eigenvalue weighted by Crippen LogP contribution is 2.18. The molecule has 1 aromatic rings. The first-order valence-electron chi connectivity index (χ1n) is 5.88. The van der Waals surface area contributed by atoms with Crippen molar-refractivity contribution in [3.05, 3.63) is 59.2 Å². The van der Waals surface area contributed by atoms with Crippen molar-refractivity contribution in [3.8, 4) is 0 Å². The lowest BCUT2D eigenvalue weighted by molar-refractivity contribution is -0.136. The van der Waals surface area contributed by atoms with Gasteiger partial charge in [-0.15, -0.1) is 0 Å². The number of carbonyl (C=O) groups excluding carboxylic acids is 1. The average molecular weight is 242 g/mol. The smallest absolute Gasteiger partial charge is 0.307 e. The van der Waals surface area contributed by atoms with Gasteiger partial charge in [0.25, 0.3) is 0 Å². The lowest BCUT2D eigenvalue weighted by atomic mass is 9.95. The fourth-order valence-corrected chi connectivity index (χ4v) is 1.97. The first-order valence-corrected chi connectivity index (χ1v) is 5.88. The van der Waals surface area contributed by atoms with Crippen molar-refractivity contribution in [2.24, 2.45) is 0 Å². The van der Waals surface area contributed by atoms with E-state index in [-0.39, 0.29) is 12.2 Å². The second-order valence-corrected chi connectivity index (χ2v) is 4.26. The number of hydrogen-bond acceptors (Lipinski definition) is 2. The molecular weight excluding hydrogens is 228 g/mol. The van der Waals surface area contributed by atoms with Gasteiger partial charge in [0.05, 0.1) is 6.42 Å². The molecule has 92 valence electrons. The van der Waals surface area contributed by atoms with E-state index in [1.165, 1.54) is 0 Å². The maximum absolute atomic E-state index is 12.2. The molecule has 0 atom stereocenters. The molecule has 0 bridgehead atoms. The topological polar surface area (TPSA) is 54.4 Å². The standard InChI is InChI=1S/C15H14O3/c16-14(17)10-11-5-4-8-13(9-11)15(18)12-6-2-1-3-7-12/h1-2,4-6,8-9H,3,7,10H2,(H,16,17). The number of aliphatic carboxylic acids is 1. The molecule has 3 heteroatoms. The zero-order valence-electron chi connectivity index (χ0n) is 9.93. The summed E-state index contributed by atoms with van der Waals surface area (Å²) in [7, 11) is 0. The van der Waals surface area contributed by atoms with E-state index in [9.17, 15) is 9.59 Å². The van der Waals surface area contributed by atoms with E-state index >= 15 is 0 Å². The summed E-state index contributed by atoms with van der Waals surface area (Å²) in [5.41, 5.74) is 2.00. The summed E-state index contributed by atoms with van der Waals surface area (Å²) in [6.45, 7) is 0. The minimum absolute atomic E-state index is 0.00779. The van der Waals surface area contributed by atoms with Crippen LogP contribution in [0.2, 0.25) is 0 Å². The van der Waals surface area contributed by atoms with Gasteiger partial charge >= 0.3 is 5.97 Å². The first kappa shape index (κ1) is 12.3. The van der Waals surface area contributed by atoms with Gasteiger partial charge in [0, 0.05) is 11.1 Å². The minimum atomic E-state index is -0.889. The van der Waals surface area contributed by atoms with Crippen molar-refractivity contribution < 1.29 is 14.7 Å². The van der Waals surface area contributed by atoms with Crippen LogP contribution in [-0.4, -0.2) is 16.9 Å². The number of hydrogen-bond donors (Lipinski definition) is 1. The Morgan fingerprint density at radius 1 is 1.28 bits per heavy atom. The zero-order chi connectivity index (χ0) is 13.0. The molecule has 3 nitrogen and oxygen atoms in total. The van der Waals surface area contributed by atoms with E-state index in [2.05, 4.69) is 0 Å². The molecule has 0 spiro atoms. The maximum Gasteiger partial charge on any atom is 0.307 e. The summed E-state index contributed by atoms with van der Waals surface area (Å²) in [6, 6.07) is 6.84. The Balaban J connectivity index is 2.22. The van der Waals surface area contributed by atoms with Gasteiger partial charge in [-0.1, -0.05) is 36.4 Å². The Bertz CT molecular complexity index is 538. The molecule has 0 unspecified atom stereocenters. The molecule has 0 saturated carbocycles. The number of Topliss-reactive ketones (excluding diaryl/α,β-unsaturated/α-hetero) is 1. The highest BCUT2D eigenvalue weighted by molar-refractivity contribution is 6.09. The molecule has 2 rings (SSSR count). The third-order valence-electron chi connectivity index (χ3n) is 2.85. The van der Waals surface area contributed by atoms with Crippen molar-refractivity contribution in [2.45, 2.75) is 19.3 Å². The predicted molar refractivity (Wildman–Crippen MR) is 68.6 cm³/mol. The Hall–Kier alpha value is -2.16. The van der Waals surface area contributed by atoms with Crippen LogP contribution in [0, 0.1) is 0 Å². The Morgan fingerprint density at radius 3 is 2.78 bits per heavy atom. The van der Waals surface area contributed by atoms with Crippen molar-refractivity contribution in [2.75, 3.05) is 0 Å². The van der Waals surface area contributed by atoms with Crippen LogP contribution in [0.1, 0.15) is 28.8 Å². The van der Waals surface area contributed by atoms with Crippen LogP contribution in [0.15, 0.2) is 48.1 Å². The van der Waals surface area contributed by atoms with Gasteiger partial charge in [-0.3, -0.25) is 9.59 Å². The van der Waals surface area contributed by atoms with Gasteiger partial charge < -0.3 is 5.11 Å². The fourth-order valence-electron chi connectivity index (χ4n) is 1.97. The maximum atomic E-state index is 12.2. The van der Waals surface area contributed by atoms with Crippen molar-refractivity contribution in [1.29, 1.82) is 0 Å². The SMILES string of the molecule is O=C(O)Cc1cccc(C(=O)C2=CC=CCC2)c1. The molecule has 0 radical (unpaired) electrons. The van der Waals surface area contributed by atoms with Crippen LogP contribution in [-0.2, 0) is 11.2 Å². The lowest BCUT2D eigenvalue weighted by Gasteiger charge is -2.08. The van der Waals surface area contributed by atoms with Gasteiger partial charge in [0.15, 0.2) is 5.78 Å². The molecular formula is C15H14O3. The van der Waals surface area contributed by atoms with Crippen LogP contribution in [0.5, 0.6) is 0 Å². The van der Waals surface area contributed by atoms with Crippen LogP contribution in [0.3, 0.4) is 0 Å². The number of allylic oxidation sites excluding steroid dienone is 4. The normalized spacial score (nSPS) is 14.1. The lowest BCUT2D eigenvalue weighted by Crippen LogP contribution is -2.06. The highest BCUT2D eigenvalue weighted by Gasteiger charge is 2.13. The number of benzene rings is 1. The number of carboxylic acids is 1. The van der Waals surface area contributed by atoms with E-state index in [1.807, 2.05) is 18.2 Å². The summed E-state index contributed by atoms with van der Waals surface area (Å²) in [4.78, 5) is 22.8. The molecule has 1 aliphatic rings. The third kappa shape index (κ3) is 2.94. The van der Waals surface area contributed by atoms with Crippen LogP contribution >= 0.6 is 0 Å². The monoisotopic (exact) mass is 242 g/mol. The average Bonchev–Trinajstić information content (AvgIpc) is 2.38. The van der Waals surface area contributed by atoms with E-state index in [1.54, 1.807) is 24.3 Å². The van der Waals surface area contributed by atoms with E-state index in [0.717, 1.165) is 18.4 Å². The van der Waals surface area contributed by atoms with Crippen LogP contribution in [0.4, 0.5) is 0 Å². The Morgan fingerprint density at radius 2 is 2.11 bits per heavy atom. The fraction of sp³-hybridized carbons (Fsp3) is 0.200. The largest absolute Gasteiger partial charge is 0.481 e. The van der Waals surface area contributed by atoms with Gasteiger partial charge in [-0.2, -0.15) is 0 Å². The number of rotatable bonds is 4. The second kappa shape index (κ2) is 5.45. The van der Waals surface area contributed by atoms with Gasteiger partial charge in [-0.25, -0.2) is 0 Å². The molecule has 0 aliphatic heterocycles. The molecule has 0 fully saturated rings. The first-order chi connectivity index (χ1) is 8.66. The Kier molecular flexibility index (Phi) is 3.72. The van der Waals surface area contributed by atoms with Crippen molar-refractivity contribution >= 4 is 11.8 Å². The highest BCUT2D eigenvalue weighted by atomic mass is 16.4.